The maximum Gasteiger partial charge on any atom is 0.140 e. The van der Waals surface area contributed by atoms with E-state index < -0.39 is 0 Å². The van der Waals surface area contributed by atoms with E-state index in [4.69, 9.17) is 0 Å². The van der Waals surface area contributed by atoms with Crippen LogP contribution in [0.25, 0.3) is 0 Å². The Kier molecular flexibility index (Phi) is 4.46. The lowest BCUT2D eigenvalue weighted by molar-refractivity contribution is 0.455. The number of hydrogen-bond donors (Lipinski definition) is 1. The molecule has 0 radical (unpaired) electrons. The molecule has 0 amide bonds. The first kappa shape index (κ1) is 12.8. The summed E-state index contributed by atoms with van der Waals surface area (Å²) in [5, 5.41) is 7.60. The lowest BCUT2D eigenvalue weighted by Gasteiger charge is -2.09. The molecular formula is C12H20N6. The summed E-state index contributed by atoms with van der Waals surface area (Å²) in [6, 6.07) is 0. The van der Waals surface area contributed by atoms with E-state index in [1.165, 1.54) is 0 Å². The summed E-state index contributed by atoms with van der Waals surface area (Å²) in [5.41, 5.74) is 0. The fraction of sp³-hybridized carbons (Fsp3) is 0.583. The molecule has 0 aliphatic heterocycles. The van der Waals surface area contributed by atoms with Crippen LogP contribution in [-0.2, 0) is 19.6 Å². The molecule has 6 nitrogen and oxygen atoms in total. The van der Waals surface area contributed by atoms with Crippen LogP contribution in [0.4, 0.5) is 0 Å². The lowest BCUT2D eigenvalue weighted by atomic mass is 10.2. The van der Waals surface area contributed by atoms with Gasteiger partial charge in [0, 0.05) is 32.0 Å². The zero-order valence-corrected chi connectivity index (χ0v) is 11.0. The summed E-state index contributed by atoms with van der Waals surface area (Å²) in [6.07, 6.45) is 7.19. The van der Waals surface area contributed by atoms with Crippen LogP contribution in [0.5, 0.6) is 0 Å². The second-order valence-corrected chi connectivity index (χ2v) is 4.73. The molecule has 0 atom stereocenters. The third kappa shape index (κ3) is 3.66. The van der Waals surface area contributed by atoms with Gasteiger partial charge in [-0.2, -0.15) is 5.10 Å². The van der Waals surface area contributed by atoms with Crippen molar-refractivity contribution in [3.05, 3.63) is 30.9 Å². The van der Waals surface area contributed by atoms with E-state index in [0.29, 0.717) is 5.92 Å². The monoisotopic (exact) mass is 248 g/mol. The van der Waals surface area contributed by atoms with Gasteiger partial charge in [0.1, 0.15) is 12.2 Å². The maximum atomic E-state index is 4.27. The Bertz CT molecular complexity index is 445. The summed E-state index contributed by atoms with van der Waals surface area (Å²) in [7, 11) is 0. The molecule has 0 saturated heterocycles. The SMILES string of the molecule is CC(C)Cn1ncnc1CNCCn1ccnc1. The van der Waals surface area contributed by atoms with E-state index in [9.17, 15) is 0 Å². The molecule has 2 aromatic heterocycles. The van der Waals surface area contributed by atoms with Crippen LogP contribution in [0.1, 0.15) is 19.7 Å². The molecule has 2 heterocycles. The molecule has 2 aromatic rings. The summed E-state index contributed by atoms with van der Waals surface area (Å²) >= 11 is 0. The Morgan fingerprint density at radius 3 is 3.00 bits per heavy atom. The first-order chi connectivity index (χ1) is 8.75. The number of rotatable bonds is 7. The van der Waals surface area contributed by atoms with Gasteiger partial charge in [0.05, 0.1) is 12.9 Å². The molecule has 98 valence electrons. The van der Waals surface area contributed by atoms with E-state index in [1.807, 2.05) is 21.8 Å². The number of nitrogens with zero attached hydrogens (tertiary/aromatic N) is 5. The van der Waals surface area contributed by atoms with Crippen LogP contribution in [0.3, 0.4) is 0 Å². The Hall–Kier alpha value is -1.69. The van der Waals surface area contributed by atoms with E-state index in [2.05, 4.69) is 34.2 Å². The van der Waals surface area contributed by atoms with E-state index in [-0.39, 0.29) is 0 Å². The third-order valence-electron chi connectivity index (χ3n) is 2.62. The molecule has 0 fully saturated rings. The zero-order chi connectivity index (χ0) is 12.8. The van der Waals surface area contributed by atoms with Crippen molar-refractivity contribution in [1.82, 2.24) is 29.6 Å². The molecule has 0 unspecified atom stereocenters. The van der Waals surface area contributed by atoms with Gasteiger partial charge in [-0.15, -0.1) is 0 Å². The predicted molar refractivity (Wildman–Crippen MR) is 68.8 cm³/mol. The Labute approximate surface area is 107 Å². The van der Waals surface area contributed by atoms with Crippen molar-refractivity contribution in [2.45, 2.75) is 33.5 Å². The highest BCUT2D eigenvalue weighted by Gasteiger charge is 2.05. The first-order valence-corrected chi connectivity index (χ1v) is 6.29. The van der Waals surface area contributed by atoms with Crippen molar-refractivity contribution < 1.29 is 0 Å². The minimum Gasteiger partial charge on any atom is -0.336 e. The van der Waals surface area contributed by atoms with Crippen molar-refractivity contribution in [1.29, 1.82) is 0 Å². The van der Waals surface area contributed by atoms with Gasteiger partial charge in [0.25, 0.3) is 0 Å². The molecule has 0 aliphatic rings. The Morgan fingerprint density at radius 1 is 1.39 bits per heavy atom. The van der Waals surface area contributed by atoms with Crippen molar-refractivity contribution >= 4 is 0 Å². The van der Waals surface area contributed by atoms with Crippen LogP contribution < -0.4 is 5.32 Å². The highest BCUT2D eigenvalue weighted by Crippen LogP contribution is 2.00. The molecule has 0 saturated carbocycles. The van der Waals surface area contributed by atoms with Crippen molar-refractivity contribution in [3.63, 3.8) is 0 Å². The predicted octanol–water partition coefficient (Wildman–Crippen LogP) is 0.920. The first-order valence-electron chi connectivity index (χ1n) is 6.29. The molecule has 0 spiro atoms. The fourth-order valence-corrected chi connectivity index (χ4v) is 1.75. The van der Waals surface area contributed by atoms with E-state index in [0.717, 1.165) is 32.0 Å². The normalized spacial score (nSPS) is 11.3. The number of aromatic nitrogens is 5. The number of imidazole rings is 1. The molecule has 6 heteroatoms. The van der Waals surface area contributed by atoms with Gasteiger partial charge in [-0.1, -0.05) is 13.8 Å². The minimum absolute atomic E-state index is 0.580. The molecule has 2 rings (SSSR count). The number of nitrogens with one attached hydrogen (secondary N) is 1. The molecule has 18 heavy (non-hydrogen) atoms. The Morgan fingerprint density at radius 2 is 2.28 bits per heavy atom. The van der Waals surface area contributed by atoms with Crippen LogP contribution >= 0.6 is 0 Å². The average Bonchev–Trinajstić information content (AvgIpc) is 2.95. The van der Waals surface area contributed by atoms with Crippen LogP contribution in [0.15, 0.2) is 25.0 Å². The zero-order valence-electron chi connectivity index (χ0n) is 11.0. The van der Waals surface area contributed by atoms with Gasteiger partial charge in [-0.25, -0.2) is 14.6 Å². The quantitative estimate of drug-likeness (QED) is 0.740. The van der Waals surface area contributed by atoms with Crippen LogP contribution in [0, 0.1) is 5.92 Å². The topological polar surface area (TPSA) is 60.6 Å². The maximum absolute atomic E-state index is 4.27. The lowest BCUT2D eigenvalue weighted by Crippen LogP contribution is -2.22. The van der Waals surface area contributed by atoms with Gasteiger partial charge in [-0.3, -0.25) is 0 Å². The Balaban J connectivity index is 1.74. The molecular weight excluding hydrogens is 228 g/mol. The molecule has 1 N–H and O–H groups in total. The minimum atomic E-state index is 0.580. The third-order valence-corrected chi connectivity index (χ3v) is 2.62. The van der Waals surface area contributed by atoms with E-state index >= 15 is 0 Å². The second-order valence-electron chi connectivity index (χ2n) is 4.73. The van der Waals surface area contributed by atoms with Crippen molar-refractivity contribution in [3.8, 4) is 0 Å². The summed E-state index contributed by atoms with van der Waals surface area (Å²) in [4.78, 5) is 8.28. The van der Waals surface area contributed by atoms with Crippen molar-refractivity contribution in [2.24, 2.45) is 5.92 Å². The standard InChI is InChI=1S/C12H20N6/c1-11(2)8-18-12(15-9-16-18)7-13-3-5-17-6-4-14-10-17/h4,6,9-11,13H,3,5,7-8H2,1-2H3. The molecule has 0 bridgehead atoms. The number of hydrogen-bond acceptors (Lipinski definition) is 4. The fourth-order valence-electron chi connectivity index (χ4n) is 1.75. The largest absolute Gasteiger partial charge is 0.336 e. The highest BCUT2D eigenvalue weighted by atomic mass is 15.3. The van der Waals surface area contributed by atoms with Crippen LogP contribution in [0.2, 0.25) is 0 Å². The average molecular weight is 248 g/mol. The summed E-state index contributed by atoms with van der Waals surface area (Å²) in [5.74, 6) is 1.57. The van der Waals surface area contributed by atoms with Gasteiger partial charge >= 0.3 is 0 Å². The summed E-state index contributed by atoms with van der Waals surface area (Å²) in [6.45, 7) is 7.83. The van der Waals surface area contributed by atoms with Gasteiger partial charge in [-0.05, 0) is 5.92 Å². The van der Waals surface area contributed by atoms with E-state index in [1.54, 1.807) is 12.5 Å². The second kappa shape index (κ2) is 6.30. The highest BCUT2D eigenvalue weighted by molar-refractivity contribution is 4.84. The smallest absolute Gasteiger partial charge is 0.140 e. The molecule has 0 aliphatic carbocycles. The van der Waals surface area contributed by atoms with Gasteiger partial charge < -0.3 is 9.88 Å². The summed E-state index contributed by atoms with van der Waals surface area (Å²) < 4.78 is 4.01. The van der Waals surface area contributed by atoms with Gasteiger partial charge in [0.2, 0.25) is 0 Å². The van der Waals surface area contributed by atoms with Crippen molar-refractivity contribution in [2.75, 3.05) is 6.54 Å². The molecule has 0 aromatic carbocycles. The van der Waals surface area contributed by atoms with Crippen LogP contribution in [-0.4, -0.2) is 30.9 Å². The van der Waals surface area contributed by atoms with Gasteiger partial charge in [0.15, 0.2) is 0 Å².